The average molecular weight is 356 g/mol. The van der Waals surface area contributed by atoms with Crippen LogP contribution in [-0.2, 0) is 25.8 Å². The van der Waals surface area contributed by atoms with Crippen LogP contribution in [0.15, 0.2) is 4.52 Å². The molecule has 7 heteroatoms. The molecule has 2 aromatic rings. The third-order valence-electron chi connectivity index (χ3n) is 4.15. The van der Waals surface area contributed by atoms with Gasteiger partial charge in [0.25, 0.3) is 0 Å². The van der Waals surface area contributed by atoms with E-state index in [-0.39, 0.29) is 12.4 Å². The van der Waals surface area contributed by atoms with Crippen LogP contribution >= 0.6 is 12.4 Å². The molecule has 0 fully saturated rings. The molecule has 24 heavy (non-hydrogen) atoms. The molecule has 0 saturated carbocycles. The van der Waals surface area contributed by atoms with Gasteiger partial charge in [-0.15, -0.1) is 12.4 Å². The van der Waals surface area contributed by atoms with Gasteiger partial charge < -0.3 is 9.84 Å². The van der Waals surface area contributed by atoms with E-state index in [0.717, 1.165) is 37.3 Å². The largest absolute Gasteiger partial charge is 0.339 e. The maximum absolute atomic E-state index is 5.37. The van der Waals surface area contributed by atoms with Crippen molar-refractivity contribution in [2.45, 2.75) is 66.5 Å². The summed E-state index contributed by atoms with van der Waals surface area (Å²) >= 11 is 0. The Hall–Kier alpha value is -1.40. The summed E-state index contributed by atoms with van der Waals surface area (Å²) in [5.74, 6) is 2.07. The lowest BCUT2D eigenvalue weighted by Gasteiger charge is -2.07. The maximum Gasteiger partial charge on any atom is 0.226 e. The number of halogens is 1. The Morgan fingerprint density at radius 3 is 2.50 bits per heavy atom. The fourth-order valence-corrected chi connectivity index (χ4v) is 2.70. The molecule has 1 atom stereocenters. The minimum absolute atomic E-state index is 0. The van der Waals surface area contributed by atoms with E-state index in [1.54, 1.807) is 0 Å². The van der Waals surface area contributed by atoms with Crippen molar-refractivity contribution in [2.24, 2.45) is 5.92 Å². The lowest BCUT2D eigenvalue weighted by Crippen LogP contribution is -2.24. The summed E-state index contributed by atoms with van der Waals surface area (Å²) in [6.45, 7) is 11.7. The number of aromatic nitrogens is 4. The van der Waals surface area contributed by atoms with Gasteiger partial charge in [0.1, 0.15) is 0 Å². The number of rotatable bonds is 8. The molecule has 1 N–H and O–H groups in total. The van der Waals surface area contributed by atoms with Gasteiger partial charge in [-0.25, -0.2) is 0 Å². The maximum atomic E-state index is 5.37. The zero-order valence-corrected chi connectivity index (χ0v) is 16.4. The van der Waals surface area contributed by atoms with Crippen LogP contribution in [0.1, 0.15) is 49.4 Å². The van der Waals surface area contributed by atoms with E-state index in [0.29, 0.717) is 17.9 Å². The molecule has 0 radical (unpaired) electrons. The highest BCUT2D eigenvalue weighted by Crippen LogP contribution is 2.17. The third kappa shape index (κ3) is 5.31. The van der Waals surface area contributed by atoms with E-state index in [1.807, 2.05) is 7.05 Å². The smallest absolute Gasteiger partial charge is 0.226 e. The molecule has 0 bridgehead atoms. The Morgan fingerprint density at radius 1 is 1.17 bits per heavy atom. The first kappa shape index (κ1) is 20.6. The predicted molar refractivity (Wildman–Crippen MR) is 97.7 cm³/mol. The first-order chi connectivity index (χ1) is 10.9. The molecule has 136 valence electrons. The molecular weight excluding hydrogens is 326 g/mol. The number of hydrogen-bond donors (Lipinski definition) is 1. The summed E-state index contributed by atoms with van der Waals surface area (Å²) in [5, 5.41) is 11.9. The normalized spacial score (nSPS) is 12.5. The van der Waals surface area contributed by atoms with E-state index in [9.17, 15) is 0 Å². The van der Waals surface area contributed by atoms with E-state index < -0.39 is 0 Å². The van der Waals surface area contributed by atoms with Crippen LogP contribution in [0, 0.1) is 19.8 Å². The molecule has 2 rings (SSSR count). The van der Waals surface area contributed by atoms with Gasteiger partial charge in [-0.05, 0) is 45.7 Å². The van der Waals surface area contributed by atoms with Crippen molar-refractivity contribution in [3.05, 3.63) is 28.7 Å². The number of hydrogen-bond acceptors (Lipinski definition) is 5. The van der Waals surface area contributed by atoms with Crippen molar-refractivity contribution in [3.8, 4) is 0 Å². The average Bonchev–Trinajstić information content (AvgIpc) is 3.02. The monoisotopic (exact) mass is 355 g/mol. The predicted octanol–water partition coefficient (Wildman–Crippen LogP) is 2.90. The van der Waals surface area contributed by atoms with Crippen LogP contribution in [-0.4, -0.2) is 33.0 Å². The fourth-order valence-electron chi connectivity index (χ4n) is 2.70. The summed E-state index contributed by atoms with van der Waals surface area (Å²) in [7, 11) is 1.94. The number of aryl methyl sites for hydroxylation is 2. The summed E-state index contributed by atoms with van der Waals surface area (Å²) in [6.07, 6.45) is 2.43. The number of nitrogens with zero attached hydrogens (tertiary/aromatic N) is 4. The molecule has 0 aliphatic carbocycles. The molecule has 2 aromatic heterocycles. The highest BCUT2D eigenvalue weighted by atomic mass is 35.5. The summed E-state index contributed by atoms with van der Waals surface area (Å²) in [4.78, 5) is 4.48. The van der Waals surface area contributed by atoms with Gasteiger partial charge in [0.2, 0.25) is 5.89 Å². The lowest BCUT2D eigenvalue weighted by atomic mass is 10.1. The minimum Gasteiger partial charge on any atom is -0.339 e. The molecule has 6 nitrogen and oxygen atoms in total. The van der Waals surface area contributed by atoms with Gasteiger partial charge in [-0.3, -0.25) is 4.68 Å². The summed E-state index contributed by atoms with van der Waals surface area (Å²) < 4.78 is 7.48. The van der Waals surface area contributed by atoms with Crippen LogP contribution in [0.5, 0.6) is 0 Å². The van der Waals surface area contributed by atoms with Gasteiger partial charge in [0.05, 0.1) is 5.69 Å². The minimum atomic E-state index is 0. The van der Waals surface area contributed by atoms with Crippen LogP contribution in [0.3, 0.4) is 0 Å². The zero-order chi connectivity index (χ0) is 17.0. The molecule has 0 saturated heterocycles. The summed E-state index contributed by atoms with van der Waals surface area (Å²) in [5.41, 5.74) is 3.65. The van der Waals surface area contributed by atoms with Gasteiger partial charge in [-0.2, -0.15) is 10.1 Å². The Bertz CT molecular complexity index is 635. The molecule has 0 amide bonds. The Balaban J connectivity index is 0.00000288. The molecule has 0 aliphatic heterocycles. The number of likely N-dealkylation sites (N-methyl/N-ethyl adjacent to an activating group) is 1. The van der Waals surface area contributed by atoms with E-state index in [1.165, 1.54) is 11.3 Å². The first-order valence-electron chi connectivity index (χ1n) is 8.42. The van der Waals surface area contributed by atoms with Crippen molar-refractivity contribution >= 4 is 12.4 Å². The van der Waals surface area contributed by atoms with E-state index in [4.69, 9.17) is 4.52 Å². The van der Waals surface area contributed by atoms with E-state index in [2.05, 4.69) is 59.9 Å². The van der Waals surface area contributed by atoms with E-state index >= 15 is 0 Å². The number of nitrogens with one attached hydrogen (secondary N) is 1. The van der Waals surface area contributed by atoms with Crippen LogP contribution in [0.2, 0.25) is 0 Å². The van der Waals surface area contributed by atoms with Crippen molar-refractivity contribution in [1.29, 1.82) is 0 Å². The Morgan fingerprint density at radius 2 is 1.88 bits per heavy atom. The van der Waals surface area contributed by atoms with Crippen molar-refractivity contribution in [3.63, 3.8) is 0 Å². The van der Waals surface area contributed by atoms with Gasteiger partial charge in [0, 0.05) is 31.1 Å². The van der Waals surface area contributed by atoms with Gasteiger partial charge in [-0.1, -0.05) is 19.0 Å². The second-order valence-corrected chi connectivity index (χ2v) is 6.72. The highest BCUT2D eigenvalue weighted by molar-refractivity contribution is 5.85. The van der Waals surface area contributed by atoms with Gasteiger partial charge >= 0.3 is 0 Å². The molecule has 0 spiro atoms. The SMILES string of the molecule is CNC(C)Cc1noc(CCc2c(C)nn(CC(C)C)c2C)n1.Cl. The van der Waals surface area contributed by atoms with Crippen LogP contribution in [0.4, 0.5) is 0 Å². The molecule has 0 aromatic carbocycles. The second kappa shape index (κ2) is 9.18. The lowest BCUT2D eigenvalue weighted by molar-refractivity contribution is 0.371. The second-order valence-electron chi connectivity index (χ2n) is 6.72. The third-order valence-corrected chi connectivity index (χ3v) is 4.15. The topological polar surface area (TPSA) is 68.8 Å². The van der Waals surface area contributed by atoms with Crippen LogP contribution < -0.4 is 5.32 Å². The molecule has 1 unspecified atom stereocenters. The quantitative estimate of drug-likeness (QED) is 0.788. The first-order valence-corrected chi connectivity index (χ1v) is 8.42. The van der Waals surface area contributed by atoms with Crippen molar-refractivity contribution in [2.75, 3.05) is 7.05 Å². The van der Waals surface area contributed by atoms with Crippen molar-refractivity contribution < 1.29 is 4.52 Å². The van der Waals surface area contributed by atoms with Gasteiger partial charge in [0.15, 0.2) is 5.82 Å². The van der Waals surface area contributed by atoms with Crippen LogP contribution in [0.25, 0.3) is 0 Å². The Kier molecular flexibility index (Phi) is 7.90. The Labute approximate surface area is 150 Å². The highest BCUT2D eigenvalue weighted by Gasteiger charge is 2.15. The van der Waals surface area contributed by atoms with Crippen molar-refractivity contribution in [1.82, 2.24) is 25.2 Å². The molecule has 2 heterocycles. The molecule has 0 aliphatic rings. The molecular formula is C17H30ClN5O. The fraction of sp³-hybridized carbons (Fsp3) is 0.706. The summed E-state index contributed by atoms with van der Waals surface area (Å²) in [6, 6.07) is 0.346. The zero-order valence-electron chi connectivity index (χ0n) is 15.6. The standard InChI is InChI=1S/C17H29N5O.ClH/c1-11(2)10-22-14(5)15(13(4)20-22)7-8-17-19-16(21-23-17)9-12(3)18-6;/h11-12,18H,7-10H2,1-6H3;1H.